The minimum absolute atomic E-state index is 0.760. The summed E-state index contributed by atoms with van der Waals surface area (Å²) in [5, 5.41) is 3.11. The molecule has 0 aliphatic heterocycles. The van der Waals surface area contributed by atoms with Gasteiger partial charge in [-0.15, -0.1) is 11.3 Å². The van der Waals surface area contributed by atoms with Crippen LogP contribution in [0, 0.1) is 0 Å². The standard InChI is InChI=1S/C11H16N4S/c12-3-1-2-6-15-7-4-13-10(15)9-11-14-5-8-16-11/h4-5,7-8H,1-3,6,9,12H2. The summed E-state index contributed by atoms with van der Waals surface area (Å²) in [6.45, 7) is 1.76. The van der Waals surface area contributed by atoms with Gasteiger partial charge < -0.3 is 10.3 Å². The second-order valence-corrected chi connectivity index (χ2v) is 4.61. The Hall–Kier alpha value is -1.20. The van der Waals surface area contributed by atoms with Crippen LogP contribution in [-0.4, -0.2) is 21.1 Å². The maximum atomic E-state index is 5.48. The van der Waals surface area contributed by atoms with Crippen molar-refractivity contribution >= 4 is 11.3 Å². The Morgan fingerprint density at radius 3 is 2.94 bits per heavy atom. The lowest BCUT2D eigenvalue weighted by atomic mass is 10.3. The second-order valence-electron chi connectivity index (χ2n) is 3.64. The summed E-state index contributed by atoms with van der Waals surface area (Å²) in [5.74, 6) is 1.09. The molecule has 0 bridgehead atoms. The summed E-state index contributed by atoms with van der Waals surface area (Å²) >= 11 is 1.67. The zero-order valence-corrected chi connectivity index (χ0v) is 9.99. The van der Waals surface area contributed by atoms with Crippen LogP contribution in [0.4, 0.5) is 0 Å². The van der Waals surface area contributed by atoms with Crippen molar-refractivity contribution in [3.8, 4) is 0 Å². The van der Waals surface area contributed by atoms with E-state index in [0.29, 0.717) is 0 Å². The molecule has 2 heterocycles. The van der Waals surface area contributed by atoms with E-state index in [9.17, 15) is 0 Å². The highest BCUT2D eigenvalue weighted by molar-refractivity contribution is 7.09. The Morgan fingerprint density at radius 2 is 2.19 bits per heavy atom. The lowest BCUT2D eigenvalue weighted by Gasteiger charge is -2.05. The highest BCUT2D eigenvalue weighted by Gasteiger charge is 2.05. The van der Waals surface area contributed by atoms with E-state index in [4.69, 9.17) is 5.73 Å². The minimum atomic E-state index is 0.760. The largest absolute Gasteiger partial charge is 0.335 e. The van der Waals surface area contributed by atoms with Crippen LogP contribution in [0.25, 0.3) is 0 Å². The molecule has 2 rings (SSSR count). The summed E-state index contributed by atoms with van der Waals surface area (Å²) in [4.78, 5) is 8.64. The molecule has 16 heavy (non-hydrogen) atoms. The van der Waals surface area contributed by atoms with Crippen molar-refractivity contribution in [1.29, 1.82) is 0 Å². The number of aryl methyl sites for hydroxylation is 1. The molecular weight excluding hydrogens is 220 g/mol. The number of aromatic nitrogens is 3. The van der Waals surface area contributed by atoms with Crippen LogP contribution in [0.3, 0.4) is 0 Å². The topological polar surface area (TPSA) is 56.7 Å². The third-order valence-corrected chi connectivity index (χ3v) is 3.23. The predicted molar refractivity (Wildman–Crippen MR) is 65.4 cm³/mol. The average Bonchev–Trinajstić information content (AvgIpc) is 2.92. The lowest BCUT2D eigenvalue weighted by Crippen LogP contribution is -2.06. The summed E-state index contributed by atoms with van der Waals surface area (Å²) in [7, 11) is 0. The third kappa shape index (κ3) is 2.90. The fourth-order valence-corrected chi connectivity index (χ4v) is 2.23. The zero-order valence-electron chi connectivity index (χ0n) is 9.17. The van der Waals surface area contributed by atoms with Gasteiger partial charge in [0.15, 0.2) is 0 Å². The van der Waals surface area contributed by atoms with Gasteiger partial charge in [0, 0.05) is 30.5 Å². The van der Waals surface area contributed by atoms with Crippen LogP contribution in [0.1, 0.15) is 23.7 Å². The van der Waals surface area contributed by atoms with Gasteiger partial charge in [-0.1, -0.05) is 0 Å². The van der Waals surface area contributed by atoms with Crippen molar-refractivity contribution in [3.05, 3.63) is 34.8 Å². The first kappa shape index (κ1) is 11.3. The molecule has 0 fully saturated rings. The highest BCUT2D eigenvalue weighted by atomic mass is 32.1. The normalized spacial score (nSPS) is 10.8. The molecule has 0 aromatic carbocycles. The van der Waals surface area contributed by atoms with E-state index in [2.05, 4.69) is 14.5 Å². The van der Waals surface area contributed by atoms with Crippen LogP contribution in [0.5, 0.6) is 0 Å². The van der Waals surface area contributed by atoms with E-state index in [1.165, 1.54) is 0 Å². The molecule has 4 nitrogen and oxygen atoms in total. The second kappa shape index (κ2) is 5.77. The van der Waals surface area contributed by atoms with Gasteiger partial charge in [0.1, 0.15) is 5.82 Å². The summed E-state index contributed by atoms with van der Waals surface area (Å²) in [5.41, 5.74) is 5.48. The van der Waals surface area contributed by atoms with Crippen LogP contribution in [0.15, 0.2) is 24.0 Å². The maximum Gasteiger partial charge on any atom is 0.115 e. The molecule has 0 unspecified atom stereocenters. The summed E-state index contributed by atoms with van der Waals surface area (Å²) < 4.78 is 2.19. The number of hydrogen-bond donors (Lipinski definition) is 1. The molecular formula is C11H16N4S. The number of unbranched alkanes of at least 4 members (excludes halogenated alkanes) is 1. The molecule has 0 spiro atoms. The Morgan fingerprint density at radius 1 is 1.25 bits per heavy atom. The molecule has 0 saturated carbocycles. The van der Waals surface area contributed by atoms with E-state index in [-0.39, 0.29) is 0 Å². The number of thiazole rings is 1. The smallest absolute Gasteiger partial charge is 0.115 e. The number of imidazole rings is 1. The predicted octanol–water partition coefficient (Wildman–Crippen LogP) is 1.67. The van der Waals surface area contributed by atoms with Crippen molar-refractivity contribution in [2.75, 3.05) is 6.54 Å². The maximum absolute atomic E-state index is 5.48. The van der Waals surface area contributed by atoms with Crippen molar-refractivity contribution in [1.82, 2.24) is 14.5 Å². The van der Waals surface area contributed by atoms with Gasteiger partial charge in [-0.3, -0.25) is 0 Å². The van der Waals surface area contributed by atoms with Gasteiger partial charge in [-0.2, -0.15) is 0 Å². The quantitative estimate of drug-likeness (QED) is 0.776. The summed E-state index contributed by atoms with van der Waals surface area (Å²) in [6, 6.07) is 0. The monoisotopic (exact) mass is 236 g/mol. The Balaban J connectivity index is 1.96. The van der Waals surface area contributed by atoms with Gasteiger partial charge in [0.05, 0.1) is 11.4 Å². The average molecular weight is 236 g/mol. The molecule has 0 atom stereocenters. The number of nitrogens with two attached hydrogens (primary N) is 1. The van der Waals surface area contributed by atoms with Crippen LogP contribution in [-0.2, 0) is 13.0 Å². The van der Waals surface area contributed by atoms with E-state index < -0.39 is 0 Å². The van der Waals surface area contributed by atoms with Gasteiger partial charge in [0.2, 0.25) is 0 Å². The number of rotatable bonds is 6. The Kier molecular flexibility index (Phi) is 4.07. The van der Waals surface area contributed by atoms with Crippen LogP contribution in [0.2, 0.25) is 0 Å². The molecule has 2 aromatic rings. The summed E-state index contributed by atoms with van der Waals surface area (Å²) in [6.07, 6.45) is 8.71. The molecule has 5 heteroatoms. The molecule has 86 valence electrons. The molecule has 0 amide bonds. The van der Waals surface area contributed by atoms with E-state index in [1.54, 1.807) is 11.3 Å². The first-order chi connectivity index (χ1) is 7.90. The fourth-order valence-electron chi connectivity index (χ4n) is 1.61. The van der Waals surface area contributed by atoms with Crippen molar-refractivity contribution in [2.24, 2.45) is 5.73 Å². The zero-order chi connectivity index (χ0) is 11.2. The molecule has 0 radical (unpaired) electrons. The molecule has 2 aromatic heterocycles. The first-order valence-electron chi connectivity index (χ1n) is 5.48. The van der Waals surface area contributed by atoms with Gasteiger partial charge in [-0.25, -0.2) is 9.97 Å². The van der Waals surface area contributed by atoms with Gasteiger partial charge in [-0.05, 0) is 19.4 Å². The van der Waals surface area contributed by atoms with E-state index in [1.807, 2.05) is 24.0 Å². The van der Waals surface area contributed by atoms with Crippen molar-refractivity contribution in [3.63, 3.8) is 0 Å². The van der Waals surface area contributed by atoms with Crippen LogP contribution >= 0.6 is 11.3 Å². The number of hydrogen-bond acceptors (Lipinski definition) is 4. The lowest BCUT2D eigenvalue weighted by molar-refractivity contribution is 0.595. The van der Waals surface area contributed by atoms with Crippen molar-refractivity contribution < 1.29 is 0 Å². The van der Waals surface area contributed by atoms with Crippen LogP contribution < -0.4 is 5.73 Å². The van der Waals surface area contributed by atoms with Gasteiger partial charge in [0.25, 0.3) is 0 Å². The van der Waals surface area contributed by atoms with Gasteiger partial charge >= 0.3 is 0 Å². The molecule has 0 saturated heterocycles. The Bertz CT molecular complexity index is 407. The molecule has 2 N–H and O–H groups in total. The molecule has 0 aliphatic carbocycles. The van der Waals surface area contributed by atoms with E-state index >= 15 is 0 Å². The first-order valence-corrected chi connectivity index (χ1v) is 6.36. The van der Waals surface area contributed by atoms with E-state index in [0.717, 1.165) is 43.2 Å². The Labute approximate surface area is 99.2 Å². The minimum Gasteiger partial charge on any atom is -0.335 e. The molecule has 0 aliphatic rings. The number of nitrogens with zero attached hydrogens (tertiary/aromatic N) is 3. The fraction of sp³-hybridized carbons (Fsp3) is 0.455. The van der Waals surface area contributed by atoms with Crippen molar-refractivity contribution in [2.45, 2.75) is 25.8 Å². The SMILES string of the molecule is NCCCCn1ccnc1Cc1nccs1. The third-order valence-electron chi connectivity index (χ3n) is 2.45. The highest BCUT2D eigenvalue weighted by Crippen LogP contribution is 2.11.